The van der Waals surface area contributed by atoms with E-state index in [1.54, 1.807) is 43.3 Å². The summed E-state index contributed by atoms with van der Waals surface area (Å²) in [6.07, 6.45) is 0. The second-order valence-corrected chi connectivity index (χ2v) is 6.68. The summed E-state index contributed by atoms with van der Waals surface area (Å²) in [5.41, 5.74) is 1.69. The van der Waals surface area contributed by atoms with E-state index in [9.17, 15) is 9.59 Å². The molecular weight excluding hydrogens is 402 g/mol. The number of nitrogens with one attached hydrogen (secondary N) is 2. The van der Waals surface area contributed by atoms with Crippen LogP contribution in [0.3, 0.4) is 0 Å². The summed E-state index contributed by atoms with van der Waals surface area (Å²) < 4.78 is 17.4. The lowest BCUT2D eigenvalue weighted by Crippen LogP contribution is -2.21. The molecule has 2 heterocycles. The van der Waals surface area contributed by atoms with E-state index in [1.807, 2.05) is 13.0 Å². The summed E-state index contributed by atoms with van der Waals surface area (Å²) in [6, 6.07) is 12.2. The molecule has 0 bridgehead atoms. The molecule has 10 nitrogen and oxygen atoms in total. The van der Waals surface area contributed by atoms with Crippen LogP contribution >= 0.6 is 0 Å². The van der Waals surface area contributed by atoms with Gasteiger partial charge in [-0.2, -0.15) is 0 Å². The van der Waals surface area contributed by atoms with Gasteiger partial charge in [0, 0.05) is 11.8 Å². The lowest BCUT2D eigenvalue weighted by atomic mass is 10.2. The number of hydrogen-bond donors (Lipinski definition) is 2. The molecule has 160 valence electrons. The van der Waals surface area contributed by atoms with Gasteiger partial charge >= 0.3 is 0 Å². The first-order valence-corrected chi connectivity index (χ1v) is 9.68. The fraction of sp³-hybridized carbons (Fsp3) is 0.238. The number of carbonyl (C=O) groups excluding carboxylic acids is 2. The molecule has 0 unspecified atom stereocenters. The highest BCUT2D eigenvalue weighted by Crippen LogP contribution is 2.34. The van der Waals surface area contributed by atoms with E-state index in [0.29, 0.717) is 40.9 Å². The van der Waals surface area contributed by atoms with E-state index < -0.39 is 5.91 Å². The maximum Gasteiger partial charge on any atom is 0.278 e. The number of fused-ring (bicyclic) bond motifs is 1. The van der Waals surface area contributed by atoms with Crippen LogP contribution in [-0.2, 0) is 11.3 Å². The van der Waals surface area contributed by atoms with E-state index in [-0.39, 0.29) is 24.9 Å². The zero-order valence-electron chi connectivity index (χ0n) is 17.0. The van der Waals surface area contributed by atoms with Crippen LogP contribution in [0.15, 0.2) is 42.5 Å². The first-order valence-electron chi connectivity index (χ1n) is 9.68. The number of carbonyl (C=O) groups is 2. The van der Waals surface area contributed by atoms with Gasteiger partial charge in [0.25, 0.3) is 5.91 Å². The van der Waals surface area contributed by atoms with E-state index in [4.69, 9.17) is 14.2 Å². The van der Waals surface area contributed by atoms with Crippen molar-refractivity contribution >= 4 is 23.2 Å². The zero-order chi connectivity index (χ0) is 21.8. The molecule has 0 fully saturated rings. The van der Waals surface area contributed by atoms with Gasteiger partial charge in [-0.05, 0) is 38.1 Å². The quantitative estimate of drug-likeness (QED) is 0.600. The van der Waals surface area contributed by atoms with Crippen molar-refractivity contribution in [2.45, 2.75) is 20.4 Å². The van der Waals surface area contributed by atoms with Gasteiger partial charge in [0.05, 0.1) is 18.0 Å². The lowest BCUT2D eigenvalue weighted by molar-refractivity contribution is -0.117. The average molecular weight is 423 g/mol. The van der Waals surface area contributed by atoms with Gasteiger partial charge in [-0.3, -0.25) is 9.59 Å². The highest BCUT2D eigenvalue weighted by atomic mass is 16.7. The van der Waals surface area contributed by atoms with E-state index in [2.05, 4.69) is 20.9 Å². The summed E-state index contributed by atoms with van der Waals surface area (Å²) >= 11 is 0. The van der Waals surface area contributed by atoms with Crippen molar-refractivity contribution < 1.29 is 23.8 Å². The average Bonchev–Trinajstić information content (AvgIpc) is 3.36. The molecule has 0 aliphatic carbocycles. The molecule has 0 radical (unpaired) electrons. The van der Waals surface area contributed by atoms with Crippen LogP contribution in [0.25, 0.3) is 0 Å². The Morgan fingerprint density at radius 3 is 2.77 bits per heavy atom. The summed E-state index contributed by atoms with van der Waals surface area (Å²) in [5, 5.41) is 13.4. The molecule has 0 atom stereocenters. The van der Waals surface area contributed by atoms with Crippen LogP contribution in [0.5, 0.6) is 17.2 Å². The van der Waals surface area contributed by atoms with Crippen molar-refractivity contribution in [3.05, 3.63) is 53.9 Å². The zero-order valence-corrected chi connectivity index (χ0v) is 17.0. The van der Waals surface area contributed by atoms with Crippen molar-refractivity contribution in [1.29, 1.82) is 0 Å². The summed E-state index contributed by atoms with van der Waals surface area (Å²) in [7, 11) is 0. The van der Waals surface area contributed by atoms with Crippen molar-refractivity contribution in [1.82, 2.24) is 15.0 Å². The van der Waals surface area contributed by atoms with Gasteiger partial charge in [0.1, 0.15) is 12.3 Å². The number of rotatable bonds is 7. The van der Waals surface area contributed by atoms with Crippen LogP contribution in [0, 0.1) is 6.92 Å². The molecule has 0 saturated carbocycles. The van der Waals surface area contributed by atoms with Gasteiger partial charge in [-0.25, -0.2) is 4.68 Å². The first-order chi connectivity index (χ1) is 15.0. The Morgan fingerprint density at radius 1 is 1.13 bits per heavy atom. The SMILES string of the molecule is CCOc1ccccc1NC(=O)c1nnn(CC(=O)Nc2ccc3c(c2)OCO3)c1C. The third-order valence-electron chi connectivity index (χ3n) is 4.58. The van der Waals surface area contributed by atoms with Crippen LogP contribution in [0.4, 0.5) is 11.4 Å². The van der Waals surface area contributed by atoms with Crippen LogP contribution in [0.2, 0.25) is 0 Å². The largest absolute Gasteiger partial charge is 0.492 e. The second kappa shape index (κ2) is 8.74. The minimum atomic E-state index is -0.438. The number of aromatic nitrogens is 3. The van der Waals surface area contributed by atoms with Gasteiger partial charge in [-0.15, -0.1) is 5.10 Å². The standard InChI is InChI=1S/C21H21N5O5/c1-3-29-16-7-5-4-6-15(16)23-21(28)20-13(2)26(25-24-20)11-19(27)22-14-8-9-17-18(10-14)31-12-30-17/h4-10H,3,11-12H2,1-2H3,(H,22,27)(H,23,28). The van der Waals surface area contributed by atoms with Gasteiger partial charge < -0.3 is 24.8 Å². The minimum absolute atomic E-state index is 0.101. The molecular formula is C21H21N5O5. The molecule has 1 aliphatic rings. The van der Waals surface area contributed by atoms with Crippen molar-refractivity contribution in [2.24, 2.45) is 0 Å². The highest BCUT2D eigenvalue weighted by molar-refractivity contribution is 6.04. The topological polar surface area (TPSA) is 117 Å². The van der Waals surface area contributed by atoms with Gasteiger partial charge in [0.2, 0.25) is 12.7 Å². The van der Waals surface area contributed by atoms with Crippen molar-refractivity contribution in [3.63, 3.8) is 0 Å². The molecule has 0 saturated heterocycles. The van der Waals surface area contributed by atoms with Gasteiger partial charge in [-0.1, -0.05) is 17.3 Å². The number of para-hydroxylation sites is 2. The van der Waals surface area contributed by atoms with Crippen molar-refractivity contribution in [2.75, 3.05) is 24.0 Å². The fourth-order valence-corrected chi connectivity index (χ4v) is 3.06. The number of benzene rings is 2. The fourth-order valence-electron chi connectivity index (χ4n) is 3.06. The number of amides is 2. The number of anilines is 2. The van der Waals surface area contributed by atoms with Crippen molar-refractivity contribution in [3.8, 4) is 17.2 Å². The Morgan fingerprint density at radius 2 is 1.94 bits per heavy atom. The van der Waals surface area contributed by atoms with E-state index in [1.165, 1.54) is 4.68 Å². The number of ether oxygens (including phenoxy) is 3. The van der Waals surface area contributed by atoms with E-state index >= 15 is 0 Å². The Bertz CT molecular complexity index is 1130. The summed E-state index contributed by atoms with van der Waals surface area (Å²) in [4.78, 5) is 25.1. The molecule has 2 amide bonds. The summed E-state index contributed by atoms with van der Waals surface area (Å²) in [6.45, 7) is 4.07. The Kier molecular flexibility index (Phi) is 5.69. The monoisotopic (exact) mass is 423 g/mol. The maximum atomic E-state index is 12.7. The minimum Gasteiger partial charge on any atom is -0.492 e. The Labute approximate surface area is 178 Å². The number of hydrogen-bond acceptors (Lipinski definition) is 7. The summed E-state index contributed by atoms with van der Waals surface area (Å²) in [5.74, 6) is 1.01. The smallest absolute Gasteiger partial charge is 0.278 e. The Balaban J connectivity index is 1.42. The number of nitrogens with zero attached hydrogens (tertiary/aromatic N) is 3. The van der Waals surface area contributed by atoms with Gasteiger partial charge in [0.15, 0.2) is 17.2 Å². The maximum absolute atomic E-state index is 12.7. The van der Waals surface area contributed by atoms with Crippen LogP contribution in [-0.4, -0.2) is 40.2 Å². The first kappa shape index (κ1) is 20.2. The molecule has 2 N–H and O–H groups in total. The molecule has 0 spiro atoms. The van der Waals surface area contributed by atoms with Crippen LogP contribution < -0.4 is 24.8 Å². The lowest BCUT2D eigenvalue weighted by Gasteiger charge is -2.10. The normalized spacial score (nSPS) is 11.8. The highest BCUT2D eigenvalue weighted by Gasteiger charge is 2.20. The molecule has 1 aromatic heterocycles. The molecule has 10 heteroatoms. The molecule has 1 aliphatic heterocycles. The Hall–Kier alpha value is -4.08. The molecule has 4 rings (SSSR count). The predicted octanol–water partition coefficient (Wildman–Crippen LogP) is 2.60. The van der Waals surface area contributed by atoms with E-state index in [0.717, 1.165) is 0 Å². The molecule has 31 heavy (non-hydrogen) atoms. The van der Waals surface area contributed by atoms with Crippen LogP contribution in [0.1, 0.15) is 23.1 Å². The molecule has 3 aromatic rings. The third kappa shape index (κ3) is 4.42. The molecule has 2 aromatic carbocycles. The third-order valence-corrected chi connectivity index (χ3v) is 4.58. The predicted molar refractivity (Wildman–Crippen MR) is 112 cm³/mol. The second-order valence-electron chi connectivity index (χ2n) is 6.68.